The zero-order valence-corrected chi connectivity index (χ0v) is 18.7. The van der Waals surface area contributed by atoms with Crippen molar-refractivity contribution in [2.75, 3.05) is 23.3 Å². The maximum absolute atomic E-state index is 4.80. The van der Waals surface area contributed by atoms with E-state index in [0.717, 1.165) is 41.3 Å². The van der Waals surface area contributed by atoms with Crippen LogP contribution in [-0.4, -0.2) is 33.3 Å². The van der Waals surface area contributed by atoms with E-state index in [1.54, 1.807) is 6.20 Å². The third-order valence-corrected chi connectivity index (χ3v) is 6.68. The van der Waals surface area contributed by atoms with E-state index in [4.69, 9.17) is 4.98 Å². The monoisotopic (exact) mass is 436 g/mol. The van der Waals surface area contributed by atoms with Gasteiger partial charge in [0.1, 0.15) is 11.6 Å². The summed E-state index contributed by atoms with van der Waals surface area (Å²) in [4.78, 5) is 11.8. The molecule has 6 nitrogen and oxygen atoms in total. The quantitative estimate of drug-likeness (QED) is 0.423. The Kier molecular flexibility index (Phi) is 5.34. The number of nitrogens with zero attached hydrogens (tertiary/aromatic N) is 5. The Bertz CT molecular complexity index is 1280. The summed E-state index contributed by atoms with van der Waals surface area (Å²) in [7, 11) is 0. The molecule has 1 saturated carbocycles. The van der Waals surface area contributed by atoms with Crippen LogP contribution in [0.15, 0.2) is 60.9 Å². The number of hydrogen-bond donors (Lipinski definition) is 1. The van der Waals surface area contributed by atoms with Gasteiger partial charge in [0.2, 0.25) is 0 Å². The lowest BCUT2D eigenvalue weighted by atomic mass is 10.1. The molecular formula is C27H28N6. The first kappa shape index (κ1) is 20.1. The van der Waals surface area contributed by atoms with Gasteiger partial charge in [0.05, 0.1) is 17.4 Å². The molecule has 33 heavy (non-hydrogen) atoms. The lowest BCUT2D eigenvalue weighted by Crippen LogP contribution is -2.29. The van der Waals surface area contributed by atoms with E-state index < -0.39 is 0 Å². The predicted octanol–water partition coefficient (Wildman–Crippen LogP) is 5.62. The highest BCUT2D eigenvalue weighted by atomic mass is 15.1. The highest BCUT2D eigenvalue weighted by Gasteiger charge is 2.26. The molecule has 0 radical (unpaired) electrons. The smallest absolute Gasteiger partial charge is 0.135 e. The molecular weight excluding hydrogens is 408 g/mol. The molecule has 1 saturated heterocycles. The fourth-order valence-electron chi connectivity index (χ4n) is 4.82. The summed E-state index contributed by atoms with van der Waals surface area (Å²) >= 11 is 0. The summed E-state index contributed by atoms with van der Waals surface area (Å²) in [5.41, 5.74) is 5.77. The Morgan fingerprint density at radius 2 is 1.85 bits per heavy atom. The Labute approximate surface area is 194 Å². The molecule has 1 N–H and O–H groups in total. The number of rotatable bonds is 6. The summed E-state index contributed by atoms with van der Waals surface area (Å²) in [5.74, 6) is 2.21. The molecule has 0 atom stereocenters. The van der Waals surface area contributed by atoms with Gasteiger partial charge in [0.15, 0.2) is 0 Å². The largest absolute Gasteiger partial charge is 0.372 e. The van der Waals surface area contributed by atoms with E-state index in [9.17, 15) is 0 Å². The lowest BCUT2D eigenvalue weighted by Gasteiger charge is -2.29. The Balaban J connectivity index is 1.23. The van der Waals surface area contributed by atoms with Gasteiger partial charge in [-0.1, -0.05) is 30.3 Å². The molecule has 0 bridgehead atoms. The molecule has 2 aromatic heterocycles. The zero-order valence-electron chi connectivity index (χ0n) is 18.7. The molecule has 2 aliphatic rings. The van der Waals surface area contributed by atoms with E-state index in [2.05, 4.69) is 67.9 Å². The molecule has 1 aliphatic carbocycles. The van der Waals surface area contributed by atoms with Crippen molar-refractivity contribution >= 4 is 28.1 Å². The fraction of sp³-hybridized carbons (Fsp3) is 0.333. The van der Waals surface area contributed by atoms with Crippen molar-refractivity contribution in [3.63, 3.8) is 0 Å². The molecule has 6 rings (SSSR count). The Morgan fingerprint density at radius 1 is 0.970 bits per heavy atom. The van der Waals surface area contributed by atoms with E-state index in [1.165, 1.54) is 48.9 Å². The fourth-order valence-corrected chi connectivity index (χ4v) is 4.82. The molecule has 0 unspecified atom stereocenters. The highest BCUT2D eigenvalue weighted by Crippen LogP contribution is 2.43. The van der Waals surface area contributed by atoms with E-state index in [0.29, 0.717) is 12.3 Å². The predicted molar refractivity (Wildman–Crippen MR) is 132 cm³/mol. The van der Waals surface area contributed by atoms with Crippen LogP contribution in [0, 0.1) is 0 Å². The Morgan fingerprint density at radius 3 is 2.73 bits per heavy atom. The van der Waals surface area contributed by atoms with Crippen molar-refractivity contribution in [3.8, 4) is 0 Å². The third kappa shape index (κ3) is 4.38. The molecule has 2 aromatic carbocycles. The van der Waals surface area contributed by atoms with Crippen LogP contribution < -0.4 is 10.2 Å². The van der Waals surface area contributed by atoms with Crippen LogP contribution in [0.1, 0.15) is 55.0 Å². The summed E-state index contributed by atoms with van der Waals surface area (Å²) < 4.78 is 0. The number of piperidine rings is 1. The van der Waals surface area contributed by atoms with Gasteiger partial charge in [-0.05, 0) is 67.3 Å². The van der Waals surface area contributed by atoms with E-state index in [1.807, 2.05) is 12.3 Å². The minimum Gasteiger partial charge on any atom is -0.372 e. The van der Waals surface area contributed by atoms with Gasteiger partial charge < -0.3 is 10.2 Å². The maximum atomic E-state index is 4.80. The highest BCUT2D eigenvalue weighted by molar-refractivity contribution is 5.94. The second-order valence-corrected chi connectivity index (χ2v) is 9.15. The lowest BCUT2D eigenvalue weighted by molar-refractivity contribution is 0.577. The first-order chi connectivity index (χ1) is 16.3. The SMILES string of the molecule is c1cc(Cc2nccc(Nc3cnnc4c(C5CC5)cccc34)n2)cc(N2CCCCC2)c1. The van der Waals surface area contributed by atoms with Gasteiger partial charge >= 0.3 is 0 Å². The van der Waals surface area contributed by atoms with Crippen LogP contribution in [-0.2, 0) is 6.42 Å². The van der Waals surface area contributed by atoms with Gasteiger partial charge in [-0.3, -0.25) is 0 Å². The third-order valence-electron chi connectivity index (χ3n) is 6.68. The van der Waals surface area contributed by atoms with Crippen LogP contribution in [0.3, 0.4) is 0 Å². The van der Waals surface area contributed by atoms with Crippen molar-refractivity contribution in [2.24, 2.45) is 0 Å². The summed E-state index contributed by atoms with van der Waals surface area (Å²) in [6.07, 6.45) is 10.7. The molecule has 0 spiro atoms. The first-order valence-corrected chi connectivity index (χ1v) is 12.0. The summed E-state index contributed by atoms with van der Waals surface area (Å²) in [6.45, 7) is 2.30. The summed E-state index contributed by atoms with van der Waals surface area (Å²) in [6, 6.07) is 17.1. The van der Waals surface area contributed by atoms with Crippen molar-refractivity contribution < 1.29 is 0 Å². The maximum Gasteiger partial charge on any atom is 0.135 e. The molecule has 1 aliphatic heterocycles. The van der Waals surface area contributed by atoms with Crippen LogP contribution in [0.25, 0.3) is 10.9 Å². The van der Waals surface area contributed by atoms with Crippen LogP contribution in [0.4, 0.5) is 17.2 Å². The number of nitrogens with one attached hydrogen (secondary N) is 1. The van der Waals surface area contributed by atoms with Gasteiger partial charge in [-0.15, -0.1) is 0 Å². The normalized spacial score (nSPS) is 16.2. The topological polar surface area (TPSA) is 66.8 Å². The van der Waals surface area contributed by atoms with E-state index in [-0.39, 0.29) is 0 Å². The van der Waals surface area contributed by atoms with Crippen molar-refractivity contribution in [1.82, 2.24) is 20.2 Å². The molecule has 2 fully saturated rings. The van der Waals surface area contributed by atoms with Crippen LogP contribution in [0.2, 0.25) is 0 Å². The first-order valence-electron chi connectivity index (χ1n) is 12.0. The second kappa shape index (κ2) is 8.77. The molecule has 6 heteroatoms. The number of benzene rings is 2. The standard InChI is InChI=1S/C27H28N6/c1-2-14-33(15-3-1)21-7-4-6-19(16-21)17-26-28-13-12-25(31-26)30-24-18-29-32-27-22(20-10-11-20)8-5-9-23(24)27/h4-9,12-13,16,18,20H,1-3,10-11,14-15,17H2,(H,28,30,31,32). The number of fused-ring (bicyclic) bond motifs is 1. The van der Waals surface area contributed by atoms with E-state index >= 15 is 0 Å². The van der Waals surface area contributed by atoms with Crippen LogP contribution in [0.5, 0.6) is 0 Å². The number of aromatic nitrogens is 4. The summed E-state index contributed by atoms with van der Waals surface area (Å²) in [5, 5.41) is 13.2. The van der Waals surface area contributed by atoms with Gasteiger partial charge in [0.25, 0.3) is 0 Å². The Hall–Kier alpha value is -3.54. The van der Waals surface area contributed by atoms with Crippen molar-refractivity contribution in [2.45, 2.75) is 44.4 Å². The van der Waals surface area contributed by atoms with Crippen molar-refractivity contribution in [3.05, 3.63) is 77.9 Å². The molecule has 3 heterocycles. The van der Waals surface area contributed by atoms with Crippen molar-refractivity contribution in [1.29, 1.82) is 0 Å². The average Bonchev–Trinajstić information content (AvgIpc) is 3.70. The average molecular weight is 437 g/mol. The van der Waals surface area contributed by atoms with Gasteiger partial charge in [-0.25, -0.2) is 9.97 Å². The number of hydrogen-bond acceptors (Lipinski definition) is 6. The minimum absolute atomic E-state index is 0.629. The zero-order chi connectivity index (χ0) is 22.0. The minimum atomic E-state index is 0.629. The molecule has 0 amide bonds. The van der Waals surface area contributed by atoms with Gasteiger partial charge in [0, 0.05) is 36.8 Å². The van der Waals surface area contributed by atoms with Gasteiger partial charge in [-0.2, -0.15) is 10.2 Å². The second-order valence-electron chi connectivity index (χ2n) is 9.15. The molecule has 166 valence electrons. The molecule has 4 aromatic rings. The number of anilines is 3. The van der Waals surface area contributed by atoms with Crippen LogP contribution >= 0.6 is 0 Å².